The monoisotopic (exact) mass is 514 g/mol. The number of carbonyl (C=O) groups is 1. The third-order valence-corrected chi connectivity index (χ3v) is 6.71. The van der Waals surface area contributed by atoms with Gasteiger partial charge >= 0.3 is 0 Å². The maximum Gasteiger partial charge on any atom is 0.283 e. The molecule has 2 aliphatic heterocycles. The van der Waals surface area contributed by atoms with Crippen molar-refractivity contribution in [3.63, 3.8) is 0 Å². The van der Waals surface area contributed by atoms with Gasteiger partial charge in [0.2, 0.25) is 20.2 Å². The molecule has 10 nitrogen and oxygen atoms in total. The minimum Gasteiger partial charge on any atom is -0.493 e. The molecule has 0 fully saturated rings. The highest BCUT2D eigenvalue weighted by Crippen LogP contribution is 2.32. The Labute approximate surface area is 206 Å². The number of nitrogens with one attached hydrogen (secondary N) is 1. The van der Waals surface area contributed by atoms with E-state index in [0.29, 0.717) is 23.7 Å². The Morgan fingerprint density at radius 1 is 1.09 bits per heavy atom. The van der Waals surface area contributed by atoms with Gasteiger partial charge in [0.15, 0.2) is 11.5 Å². The average molecular weight is 515 g/mol. The van der Waals surface area contributed by atoms with E-state index in [9.17, 15) is 13.2 Å². The molecule has 2 aromatic carbocycles. The van der Waals surface area contributed by atoms with E-state index < -0.39 is 15.7 Å². The molecule has 0 aliphatic carbocycles. The van der Waals surface area contributed by atoms with Crippen LogP contribution in [0.5, 0.6) is 17.2 Å². The Hall–Kier alpha value is -3.64. The van der Waals surface area contributed by atoms with Crippen molar-refractivity contribution < 1.29 is 27.4 Å². The van der Waals surface area contributed by atoms with Gasteiger partial charge in [-0.25, -0.2) is 13.3 Å². The van der Waals surface area contributed by atoms with E-state index in [1.54, 1.807) is 18.2 Å². The van der Waals surface area contributed by atoms with Crippen LogP contribution < -0.4 is 14.2 Å². The van der Waals surface area contributed by atoms with Gasteiger partial charge in [-0.15, -0.1) is 0 Å². The van der Waals surface area contributed by atoms with Crippen LogP contribution in [0.4, 0.5) is 0 Å². The predicted octanol–water partition coefficient (Wildman–Crippen LogP) is 3.08. The van der Waals surface area contributed by atoms with Crippen LogP contribution >= 0.6 is 11.9 Å². The van der Waals surface area contributed by atoms with Crippen molar-refractivity contribution >= 4 is 49.9 Å². The fourth-order valence-corrected chi connectivity index (χ4v) is 5.09. The van der Waals surface area contributed by atoms with E-state index in [4.69, 9.17) is 19.6 Å². The topological polar surface area (TPSA) is 131 Å². The van der Waals surface area contributed by atoms with Gasteiger partial charge in [-0.05, 0) is 42.8 Å². The first-order valence-electron chi connectivity index (χ1n) is 10.4. The summed E-state index contributed by atoms with van der Waals surface area (Å²) in [5, 5.41) is 8.13. The number of amidine groups is 3. The van der Waals surface area contributed by atoms with Crippen molar-refractivity contribution in [3.8, 4) is 17.2 Å². The molecule has 1 amide bonds. The molecule has 0 saturated carbocycles. The summed E-state index contributed by atoms with van der Waals surface area (Å²) in [6.45, 7) is 2.62. The Morgan fingerprint density at radius 3 is 2.49 bits per heavy atom. The van der Waals surface area contributed by atoms with Gasteiger partial charge in [0.05, 0.1) is 24.6 Å². The second-order valence-corrected chi connectivity index (χ2v) is 10.2. The van der Waals surface area contributed by atoms with Gasteiger partial charge in [0.1, 0.15) is 24.8 Å². The van der Waals surface area contributed by atoms with Gasteiger partial charge in [-0.3, -0.25) is 10.2 Å². The van der Waals surface area contributed by atoms with Crippen molar-refractivity contribution in [1.29, 1.82) is 5.41 Å². The molecule has 35 heavy (non-hydrogen) atoms. The number of aliphatic imine (C=N–C) groups is 1. The molecule has 12 heteroatoms. The molecule has 0 saturated heterocycles. The second kappa shape index (κ2) is 9.92. The number of rotatable bonds is 7. The first kappa shape index (κ1) is 24.5. The van der Waals surface area contributed by atoms with Crippen LogP contribution in [-0.2, 0) is 14.6 Å². The highest BCUT2D eigenvalue weighted by Gasteiger charge is 2.41. The first-order valence-corrected chi connectivity index (χ1v) is 13.0. The number of aryl methyl sites for hydroxylation is 1. The highest BCUT2D eigenvalue weighted by atomic mass is 32.2. The molecular weight excluding hydrogens is 492 g/mol. The predicted molar refractivity (Wildman–Crippen MR) is 135 cm³/mol. The van der Waals surface area contributed by atoms with Crippen LogP contribution in [0, 0.1) is 12.3 Å². The third kappa shape index (κ3) is 5.38. The van der Waals surface area contributed by atoms with E-state index in [2.05, 4.69) is 9.39 Å². The summed E-state index contributed by atoms with van der Waals surface area (Å²) < 4.78 is 44.7. The normalized spacial score (nSPS) is 16.7. The van der Waals surface area contributed by atoms with E-state index in [-0.39, 0.29) is 28.4 Å². The molecule has 4 rings (SSSR count). The van der Waals surface area contributed by atoms with Gasteiger partial charge < -0.3 is 14.2 Å². The maximum atomic E-state index is 12.5. The molecule has 0 bridgehead atoms. The molecule has 0 spiro atoms. The quantitative estimate of drug-likeness (QED) is 0.339. The summed E-state index contributed by atoms with van der Waals surface area (Å²) in [6, 6.07) is 12.7. The molecular formula is C23H22N4O6S2. The largest absolute Gasteiger partial charge is 0.493 e. The fourth-order valence-electron chi connectivity index (χ4n) is 3.24. The van der Waals surface area contributed by atoms with Gasteiger partial charge in [0.25, 0.3) is 5.91 Å². The van der Waals surface area contributed by atoms with Crippen LogP contribution in [-0.4, -0.2) is 62.0 Å². The van der Waals surface area contributed by atoms with Crippen LogP contribution in [0.1, 0.15) is 11.1 Å². The number of methoxy groups -OCH3 is 1. The van der Waals surface area contributed by atoms with Crippen LogP contribution in [0.2, 0.25) is 0 Å². The van der Waals surface area contributed by atoms with Crippen LogP contribution in [0.3, 0.4) is 0 Å². The number of fused-ring (bicyclic) bond motifs is 1. The summed E-state index contributed by atoms with van der Waals surface area (Å²) >= 11 is 0.743. The highest BCUT2D eigenvalue weighted by molar-refractivity contribution is 8.16. The summed E-state index contributed by atoms with van der Waals surface area (Å²) in [7, 11) is -2.23. The van der Waals surface area contributed by atoms with Crippen molar-refractivity contribution in [2.24, 2.45) is 9.39 Å². The third-order valence-electron chi connectivity index (χ3n) is 4.96. The molecule has 0 radical (unpaired) electrons. The molecule has 2 heterocycles. The molecule has 2 aliphatic rings. The number of nitrogens with zero attached hydrogens (tertiary/aromatic N) is 3. The van der Waals surface area contributed by atoms with Crippen LogP contribution in [0.25, 0.3) is 6.08 Å². The summed E-state index contributed by atoms with van der Waals surface area (Å²) in [5.74, 6) is 0.672. The average Bonchev–Trinajstić information content (AvgIpc) is 3.25. The number of hydrogen-bond acceptors (Lipinski definition) is 9. The summed E-state index contributed by atoms with van der Waals surface area (Å²) in [6.07, 6.45) is 2.43. The van der Waals surface area contributed by atoms with E-state index >= 15 is 0 Å². The second-order valence-electron chi connectivity index (χ2n) is 7.60. The minimum absolute atomic E-state index is 0.0340. The zero-order chi connectivity index (χ0) is 25.2. The lowest BCUT2D eigenvalue weighted by Crippen LogP contribution is -2.45. The number of hydrogen-bond donors (Lipinski definition) is 1. The Kier molecular flexibility index (Phi) is 6.94. The lowest BCUT2D eigenvalue weighted by Gasteiger charge is -2.23. The van der Waals surface area contributed by atoms with Gasteiger partial charge in [-0.2, -0.15) is 9.39 Å². The summed E-state index contributed by atoms with van der Waals surface area (Å²) in [4.78, 5) is 17.5. The number of sulfone groups is 1. The van der Waals surface area contributed by atoms with E-state index in [0.717, 1.165) is 34.4 Å². The van der Waals surface area contributed by atoms with Crippen molar-refractivity contribution in [2.45, 2.75) is 6.92 Å². The maximum absolute atomic E-state index is 12.5. The van der Waals surface area contributed by atoms with Crippen molar-refractivity contribution in [1.82, 2.24) is 4.90 Å². The fraction of sp³-hybridized carbons (Fsp3) is 0.217. The molecule has 1 N–H and O–H groups in total. The minimum atomic E-state index is -3.72. The van der Waals surface area contributed by atoms with E-state index in [1.165, 1.54) is 13.2 Å². The Balaban J connectivity index is 1.48. The zero-order valence-electron chi connectivity index (χ0n) is 19.1. The van der Waals surface area contributed by atoms with Gasteiger partial charge in [-0.1, -0.05) is 23.8 Å². The number of carbonyl (C=O) groups excluding carboxylic acids is 1. The zero-order valence-corrected chi connectivity index (χ0v) is 20.8. The standard InChI is InChI=1S/C23H22N4O6S2/c1-14-4-7-16(8-5-14)32-10-11-33-18-9-6-15(13-19(18)31-2)12-17-20(24)27-22(25-21(17)28)34-26-23(27)35(3,29)30/h4-9,12-13,24H,10-11H2,1-3H3. The molecule has 0 unspecified atom stereocenters. The molecule has 182 valence electrons. The molecule has 2 aromatic rings. The smallest absolute Gasteiger partial charge is 0.283 e. The molecule has 0 aromatic heterocycles. The van der Waals surface area contributed by atoms with Crippen molar-refractivity contribution in [2.75, 3.05) is 26.6 Å². The van der Waals surface area contributed by atoms with Crippen LogP contribution in [0.15, 0.2) is 57.4 Å². The van der Waals surface area contributed by atoms with Crippen molar-refractivity contribution in [3.05, 3.63) is 59.2 Å². The lowest BCUT2D eigenvalue weighted by atomic mass is 10.1. The number of benzene rings is 2. The SMILES string of the molecule is COc1cc(C=C2C(=N)N3C(=NC2=O)SN=C3S(C)(=O)=O)ccc1OCCOc1ccc(C)cc1. The Morgan fingerprint density at radius 2 is 1.80 bits per heavy atom. The Bertz CT molecular complexity index is 1380. The number of ether oxygens (including phenoxy) is 3. The van der Waals surface area contributed by atoms with Gasteiger partial charge in [0, 0.05) is 6.26 Å². The lowest BCUT2D eigenvalue weighted by molar-refractivity contribution is -0.114. The van der Waals surface area contributed by atoms with E-state index in [1.807, 2.05) is 31.2 Å². The summed E-state index contributed by atoms with van der Waals surface area (Å²) in [5.41, 5.74) is 1.62. The molecule has 0 atom stereocenters. The first-order chi connectivity index (χ1) is 16.7. The number of amides is 1.